The van der Waals surface area contributed by atoms with Crippen molar-refractivity contribution in [3.63, 3.8) is 0 Å². The average molecular weight is 514 g/mol. The number of hydrogen-bond donors (Lipinski definition) is 3. The first kappa shape index (κ1) is 23.6. The van der Waals surface area contributed by atoms with E-state index in [9.17, 15) is 0 Å². The van der Waals surface area contributed by atoms with E-state index in [4.69, 9.17) is 4.98 Å². The number of aromatic nitrogens is 5. The molecule has 6 aromatic rings. The molecule has 0 atom stereocenters. The van der Waals surface area contributed by atoms with Crippen molar-refractivity contribution in [1.82, 2.24) is 30.5 Å². The van der Waals surface area contributed by atoms with Gasteiger partial charge in [0.25, 0.3) is 0 Å². The van der Waals surface area contributed by atoms with Gasteiger partial charge in [0.15, 0.2) is 5.82 Å². The first-order chi connectivity index (χ1) is 19.3. The Hall–Kier alpha value is -4.49. The smallest absolute Gasteiger partial charge is 0.159 e. The van der Waals surface area contributed by atoms with Gasteiger partial charge in [0.1, 0.15) is 11.2 Å². The van der Waals surface area contributed by atoms with E-state index in [1.807, 2.05) is 18.5 Å². The van der Waals surface area contributed by atoms with Gasteiger partial charge in [-0.1, -0.05) is 54.6 Å². The SMILES string of the molecule is c1ccc(CNCc2cccc(-c3ccc4[nH]nc(-c5nc6c(N7CCCCC7)cncc6[nH]5)c4c3)c2)cc1. The largest absolute Gasteiger partial charge is 0.368 e. The summed E-state index contributed by atoms with van der Waals surface area (Å²) in [6, 6.07) is 25.7. The number of fused-ring (bicyclic) bond motifs is 2. The third kappa shape index (κ3) is 4.77. The fraction of sp³-hybridized carbons (Fsp3) is 0.219. The number of hydrogen-bond acceptors (Lipinski definition) is 5. The van der Waals surface area contributed by atoms with Crippen LogP contribution in [0.2, 0.25) is 0 Å². The van der Waals surface area contributed by atoms with Crippen LogP contribution in [0.1, 0.15) is 30.4 Å². The molecule has 3 N–H and O–H groups in total. The maximum atomic E-state index is 5.03. The van der Waals surface area contributed by atoms with Gasteiger partial charge in [0, 0.05) is 31.6 Å². The summed E-state index contributed by atoms with van der Waals surface area (Å²) in [5.74, 6) is 0.763. The lowest BCUT2D eigenvalue weighted by Crippen LogP contribution is -2.29. The van der Waals surface area contributed by atoms with E-state index < -0.39 is 0 Å². The number of pyridine rings is 1. The molecule has 7 rings (SSSR count). The second kappa shape index (κ2) is 10.3. The zero-order valence-electron chi connectivity index (χ0n) is 21.8. The zero-order chi connectivity index (χ0) is 26.0. The molecule has 0 radical (unpaired) electrons. The van der Waals surface area contributed by atoms with Crippen molar-refractivity contribution in [2.45, 2.75) is 32.4 Å². The fourth-order valence-electron chi connectivity index (χ4n) is 5.58. The van der Waals surface area contributed by atoms with Gasteiger partial charge in [0.2, 0.25) is 0 Å². The molecule has 1 saturated heterocycles. The summed E-state index contributed by atoms with van der Waals surface area (Å²) in [7, 11) is 0. The molecule has 39 heavy (non-hydrogen) atoms. The highest BCUT2D eigenvalue weighted by Gasteiger charge is 2.19. The van der Waals surface area contributed by atoms with Crippen molar-refractivity contribution in [2.24, 2.45) is 0 Å². The maximum Gasteiger partial charge on any atom is 0.159 e. The molecule has 0 saturated carbocycles. The van der Waals surface area contributed by atoms with Gasteiger partial charge in [-0.15, -0.1) is 0 Å². The van der Waals surface area contributed by atoms with E-state index >= 15 is 0 Å². The third-order valence-electron chi connectivity index (χ3n) is 7.62. The van der Waals surface area contributed by atoms with Crippen LogP contribution in [-0.2, 0) is 13.1 Å². The van der Waals surface area contributed by atoms with Crippen LogP contribution in [0.3, 0.4) is 0 Å². The minimum Gasteiger partial charge on any atom is -0.368 e. The molecule has 7 nitrogen and oxygen atoms in total. The number of nitrogens with one attached hydrogen (secondary N) is 3. The van der Waals surface area contributed by atoms with Gasteiger partial charge in [-0.25, -0.2) is 4.98 Å². The summed E-state index contributed by atoms with van der Waals surface area (Å²) in [6.07, 6.45) is 7.52. The van der Waals surface area contributed by atoms with Crippen LogP contribution in [0.25, 0.3) is 44.6 Å². The number of benzene rings is 3. The number of rotatable bonds is 7. The highest BCUT2D eigenvalue weighted by molar-refractivity contribution is 5.97. The lowest BCUT2D eigenvalue weighted by atomic mass is 10.0. The van der Waals surface area contributed by atoms with Gasteiger partial charge >= 0.3 is 0 Å². The number of aromatic amines is 2. The Bertz CT molecular complexity index is 1730. The van der Waals surface area contributed by atoms with Crippen LogP contribution in [-0.4, -0.2) is 38.2 Å². The Morgan fingerprint density at radius 3 is 2.49 bits per heavy atom. The van der Waals surface area contributed by atoms with Gasteiger partial charge < -0.3 is 15.2 Å². The van der Waals surface area contributed by atoms with Crippen molar-refractivity contribution in [3.05, 3.63) is 96.3 Å². The van der Waals surface area contributed by atoms with Gasteiger partial charge in [-0.2, -0.15) is 5.10 Å². The molecule has 0 aliphatic carbocycles. The van der Waals surface area contributed by atoms with Crippen LogP contribution >= 0.6 is 0 Å². The minimum absolute atomic E-state index is 0.763. The minimum atomic E-state index is 0.763. The van der Waals surface area contributed by atoms with Crippen molar-refractivity contribution in [1.29, 1.82) is 0 Å². The molecule has 4 heterocycles. The maximum absolute atomic E-state index is 5.03. The summed E-state index contributed by atoms with van der Waals surface area (Å²) in [4.78, 5) is 15.4. The molecule has 1 fully saturated rings. The summed E-state index contributed by atoms with van der Waals surface area (Å²) >= 11 is 0. The summed E-state index contributed by atoms with van der Waals surface area (Å²) in [6.45, 7) is 3.77. The Kier molecular flexibility index (Phi) is 6.26. The number of piperidine rings is 1. The molecular formula is C32H31N7. The topological polar surface area (TPSA) is 85.5 Å². The first-order valence-corrected chi connectivity index (χ1v) is 13.7. The Labute approximate surface area is 227 Å². The predicted molar refractivity (Wildman–Crippen MR) is 157 cm³/mol. The molecule has 3 aromatic carbocycles. The number of anilines is 1. The summed E-state index contributed by atoms with van der Waals surface area (Å²) in [5, 5.41) is 12.5. The van der Waals surface area contributed by atoms with E-state index in [0.717, 1.165) is 70.9 Å². The van der Waals surface area contributed by atoms with Crippen LogP contribution in [0, 0.1) is 0 Å². The quantitative estimate of drug-likeness (QED) is 0.228. The lowest BCUT2D eigenvalue weighted by Gasteiger charge is -2.28. The molecule has 7 heteroatoms. The second-order valence-corrected chi connectivity index (χ2v) is 10.3. The molecule has 1 aliphatic rings. The van der Waals surface area contributed by atoms with Crippen LogP contribution < -0.4 is 10.2 Å². The standard InChI is InChI=1S/C32H31N7/c1-3-8-22(9-4-1)18-33-19-23-10-7-11-24(16-23)25-12-13-27-26(17-25)30(38-37-27)32-35-28-20-34-21-29(31(28)36-32)39-14-5-2-6-15-39/h1,3-4,7-13,16-17,20-21,33H,2,5-6,14-15,18-19H2,(H,35,36)(H,37,38). The number of nitrogens with zero attached hydrogens (tertiary/aromatic N) is 4. The third-order valence-corrected chi connectivity index (χ3v) is 7.62. The predicted octanol–water partition coefficient (Wildman–Crippen LogP) is 6.45. The van der Waals surface area contributed by atoms with Gasteiger partial charge in [-0.3, -0.25) is 10.1 Å². The monoisotopic (exact) mass is 513 g/mol. The van der Waals surface area contributed by atoms with E-state index in [-0.39, 0.29) is 0 Å². The first-order valence-electron chi connectivity index (χ1n) is 13.7. The van der Waals surface area contributed by atoms with Crippen molar-refractivity contribution < 1.29 is 0 Å². The van der Waals surface area contributed by atoms with E-state index in [2.05, 4.69) is 97.1 Å². The fourth-order valence-corrected chi connectivity index (χ4v) is 5.58. The van der Waals surface area contributed by atoms with Crippen molar-refractivity contribution >= 4 is 27.6 Å². The van der Waals surface area contributed by atoms with Crippen molar-refractivity contribution in [2.75, 3.05) is 18.0 Å². The van der Waals surface area contributed by atoms with Gasteiger partial charge in [-0.05, 0) is 59.7 Å². The summed E-state index contributed by atoms with van der Waals surface area (Å²) in [5.41, 5.74) is 9.71. The molecule has 0 amide bonds. The Balaban J connectivity index is 1.18. The molecule has 0 spiro atoms. The average Bonchev–Trinajstić information content (AvgIpc) is 3.62. The van der Waals surface area contributed by atoms with Crippen molar-refractivity contribution in [3.8, 4) is 22.6 Å². The molecule has 1 aliphatic heterocycles. The highest BCUT2D eigenvalue weighted by atomic mass is 15.2. The van der Waals surface area contributed by atoms with Crippen LogP contribution in [0.5, 0.6) is 0 Å². The Morgan fingerprint density at radius 2 is 1.59 bits per heavy atom. The molecular weight excluding hydrogens is 482 g/mol. The summed E-state index contributed by atoms with van der Waals surface area (Å²) < 4.78 is 0. The molecule has 0 bridgehead atoms. The van der Waals surface area contributed by atoms with Crippen LogP contribution in [0.15, 0.2) is 85.2 Å². The molecule has 3 aromatic heterocycles. The lowest BCUT2D eigenvalue weighted by molar-refractivity contribution is 0.578. The normalized spacial score (nSPS) is 13.9. The van der Waals surface area contributed by atoms with Crippen LogP contribution in [0.4, 0.5) is 5.69 Å². The molecule has 0 unspecified atom stereocenters. The Morgan fingerprint density at radius 1 is 0.769 bits per heavy atom. The molecule has 194 valence electrons. The van der Waals surface area contributed by atoms with E-state index in [1.54, 1.807) is 0 Å². The second-order valence-electron chi connectivity index (χ2n) is 10.3. The number of imidazole rings is 1. The zero-order valence-corrected chi connectivity index (χ0v) is 21.8. The van der Waals surface area contributed by atoms with E-state index in [0.29, 0.717) is 0 Å². The highest BCUT2D eigenvalue weighted by Crippen LogP contribution is 2.33. The van der Waals surface area contributed by atoms with Gasteiger partial charge in [0.05, 0.1) is 29.1 Å². The van der Waals surface area contributed by atoms with E-state index in [1.165, 1.54) is 36.0 Å². The number of H-pyrrole nitrogens is 2.